The molecule has 3 fully saturated rings. The fraction of sp³-hybridized carbons (Fsp3) is 0.560. The standard InChI is InChI=1S/C25H32ClN5O4/c1-35-22-7-2-14(8-20(22)26)10-27-23-19(24(34)29-16-3-5-17(33)6-4-16)11-28-25(30-23)31-12-15-9-18(15)21(31)13-32/h2,7-8,11,15-18,21,32-33H,3-6,9-10,12-13H2,1H3,(H,29,34)(H,27,28,30)/t15?,16-,17-,18?,21?. The van der Waals surface area contributed by atoms with Crippen LogP contribution in [0.5, 0.6) is 5.75 Å². The molecule has 35 heavy (non-hydrogen) atoms. The third-order valence-corrected chi connectivity index (χ3v) is 7.77. The molecule has 3 aliphatic rings. The highest BCUT2D eigenvalue weighted by Crippen LogP contribution is 2.50. The number of aliphatic hydroxyl groups excluding tert-OH is 2. The number of hydrogen-bond donors (Lipinski definition) is 4. The van der Waals surface area contributed by atoms with Crippen LogP contribution in [0.3, 0.4) is 0 Å². The Morgan fingerprint density at radius 2 is 2.09 bits per heavy atom. The van der Waals surface area contributed by atoms with Gasteiger partial charge in [-0.3, -0.25) is 4.79 Å². The minimum atomic E-state index is -0.287. The van der Waals surface area contributed by atoms with E-state index in [1.54, 1.807) is 19.4 Å². The second-order valence-corrected chi connectivity index (χ2v) is 10.2. The number of carbonyl (C=O) groups excluding carboxylic acids is 1. The van der Waals surface area contributed by atoms with Crippen LogP contribution < -0.4 is 20.3 Å². The molecule has 5 rings (SSSR count). The minimum Gasteiger partial charge on any atom is -0.495 e. The van der Waals surface area contributed by atoms with Crippen molar-refractivity contribution in [3.8, 4) is 5.75 Å². The smallest absolute Gasteiger partial charge is 0.256 e. The van der Waals surface area contributed by atoms with Gasteiger partial charge in [-0.2, -0.15) is 4.98 Å². The number of nitrogens with zero attached hydrogens (tertiary/aromatic N) is 3. The van der Waals surface area contributed by atoms with E-state index >= 15 is 0 Å². The number of aliphatic hydroxyl groups is 2. The first-order valence-corrected chi connectivity index (χ1v) is 12.6. The van der Waals surface area contributed by atoms with Crippen molar-refractivity contribution in [3.63, 3.8) is 0 Å². The van der Waals surface area contributed by atoms with Gasteiger partial charge in [0, 0.05) is 25.3 Å². The summed E-state index contributed by atoms with van der Waals surface area (Å²) in [4.78, 5) is 24.5. The molecule has 0 spiro atoms. The number of carbonyl (C=O) groups is 1. The van der Waals surface area contributed by atoms with Gasteiger partial charge in [0.2, 0.25) is 5.95 Å². The summed E-state index contributed by atoms with van der Waals surface area (Å²) in [6.07, 6.45) is 5.28. The van der Waals surface area contributed by atoms with E-state index in [0.29, 0.717) is 59.3 Å². The maximum atomic E-state index is 13.2. The number of anilines is 2. The van der Waals surface area contributed by atoms with E-state index < -0.39 is 0 Å². The van der Waals surface area contributed by atoms with E-state index in [9.17, 15) is 15.0 Å². The molecule has 2 saturated carbocycles. The molecule has 1 aromatic heterocycles. The zero-order valence-electron chi connectivity index (χ0n) is 19.8. The second kappa shape index (κ2) is 10.2. The molecule has 9 nitrogen and oxygen atoms in total. The van der Waals surface area contributed by atoms with Gasteiger partial charge in [0.25, 0.3) is 5.91 Å². The van der Waals surface area contributed by atoms with E-state index in [0.717, 1.165) is 31.4 Å². The molecular weight excluding hydrogens is 470 g/mol. The molecule has 10 heteroatoms. The highest BCUT2D eigenvalue weighted by molar-refractivity contribution is 6.32. The van der Waals surface area contributed by atoms with E-state index in [2.05, 4.69) is 20.5 Å². The normalized spacial score (nSPS) is 27.3. The van der Waals surface area contributed by atoms with Gasteiger partial charge in [-0.15, -0.1) is 0 Å². The molecule has 3 unspecified atom stereocenters. The number of nitrogens with one attached hydrogen (secondary N) is 2. The summed E-state index contributed by atoms with van der Waals surface area (Å²) in [5, 5.41) is 26.6. The fourth-order valence-electron chi connectivity index (χ4n) is 5.34. The Kier molecular flexibility index (Phi) is 7.00. The van der Waals surface area contributed by atoms with Gasteiger partial charge >= 0.3 is 0 Å². The molecule has 1 amide bonds. The number of aromatic nitrogens is 2. The average molecular weight is 502 g/mol. The Bertz CT molecular complexity index is 1080. The lowest BCUT2D eigenvalue weighted by atomic mass is 9.93. The summed E-state index contributed by atoms with van der Waals surface area (Å²) in [5.74, 6) is 2.39. The molecule has 3 atom stereocenters. The molecule has 2 aromatic rings. The Balaban J connectivity index is 1.37. The lowest BCUT2D eigenvalue weighted by Crippen LogP contribution is -2.39. The van der Waals surface area contributed by atoms with Gasteiger partial charge in [0.1, 0.15) is 17.1 Å². The van der Waals surface area contributed by atoms with Crippen molar-refractivity contribution in [2.75, 3.05) is 30.5 Å². The van der Waals surface area contributed by atoms with Crippen LogP contribution in [0.1, 0.15) is 48.0 Å². The number of rotatable bonds is 8. The van der Waals surface area contributed by atoms with Crippen molar-refractivity contribution < 1.29 is 19.7 Å². The molecular formula is C25H32ClN5O4. The number of hydrogen-bond acceptors (Lipinski definition) is 8. The molecule has 2 aliphatic carbocycles. The first-order valence-electron chi connectivity index (χ1n) is 12.3. The van der Waals surface area contributed by atoms with Crippen molar-refractivity contribution in [3.05, 3.63) is 40.5 Å². The van der Waals surface area contributed by atoms with E-state index in [1.165, 1.54) is 0 Å². The van der Waals surface area contributed by atoms with E-state index in [-0.39, 0.29) is 30.7 Å². The molecule has 1 aliphatic heterocycles. The van der Waals surface area contributed by atoms with Gasteiger partial charge in [0.15, 0.2) is 0 Å². The van der Waals surface area contributed by atoms with Crippen molar-refractivity contribution in [1.29, 1.82) is 0 Å². The summed E-state index contributed by atoms with van der Waals surface area (Å²) in [5.41, 5.74) is 1.28. The van der Waals surface area contributed by atoms with Gasteiger partial charge in [0.05, 0.1) is 30.9 Å². The van der Waals surface area contributed by atoms with Crippen LogP contribution in [0.15, 0.2) is 24.4 Å². The molecule has 1 saturated heterocycles. The number of piperidine rings is 1. The first kappa shape index (κ1) is 24.1. The highest BCUT2D eigenvalue weighted by Gasteiger charge is 2.53. The largest absolute Gasteiger partial charge is 0.495 e. The Labute approximate surface area is 209 Å². The quantitative estimate of drug-likeness (QED) is 0.435. The Morgan fingerprint density at radius 3 is 2.80 bits per heavy atom. The van der Waals surface area contributed by atoms with Gasteiger partial charge in [-0.05, 0) is 61.6 Å². The minimum absolute atomic E-state index is 0.0154. The third-order valence-electron chi connectivity index (χ3n) is 7.48. The van der Waals surface area contributed by atoms with Crippen LogP contribution >= 0.6 is 11.6 Å². The predicted molar refractivity (Wildman–Crippen MR) is 133 cm³/mol. The van der Waals surface area contributed by atoms with Crippen molar-refractivity contribution in [1.82, 2.24) is 15.3 Å². The molecule has 1 aromatic carbocycles. The second-order valence-electron chi connectivity index (χ2n) is 9.80. The Hall–Kier alpha value is -2.62. The fourth-order valence-corrected chi connectivity index (χ4v) is 5.62. The van der Waals surface area contributed by atoms with Crippen molar-refractivity contribution >= 4 is 29.3 Å². The van der Waals surface area contributed by atoms with Crippen molar-refractivity contribution in [2.24, 2.45) is 11.8 Å². The highest BCUT2D eigenvalue weighted by atomic mass is 35.5. The van der Waals surface area contributed by atoms with Gasteiger partial charge < -0.3 is 30.5 Å². The van der Waals surface area contributed by atoms with Crippen molar-refractivity contribution in [2.45, 2.75) is 56.8 Å². The number of benzene rings is 1. The third kappa shape index (κ3) is 5.17. The zero-order chi connectivity index (χ0) is 24.5. The number of amides is 1. The summed E-state index contributed by atoms with van der Waals surface area (Å²) < 4.78 is 5.23. The van der Waals surface area contributed by atoms with E-state index in [1.807, 2.05) is 12.1 Å². The summed E-state index contributed by atoms with van der Waals surface area (Å²) >= 11 is 6.28. The Morgan fingerprint density at radius 1 is 1.29 bits per heavy atom. The van der Waals surface area contributed by atoms with Crippen LogP contribution in [0.4, 0.5) is 11.8 Å². The topological polar surface area (TPSA) is 120 Å². The molecule has 2 heterocycles. The van der Waals surface area contributed by atoms with Crippen LogP contribution in [0.25, 0.3) is 0 Å². The summed E-state index contributed by atoms with van der Waals surface area (Å²) in [7, 11) is 1.57. The maximum absolute atomic E-state index is 13.2. The van der Waals surface area contributed by atoms with Crippen LogP contribution in [0, 0.1) is 11.8 Å². The molecule has 4 N–H and O–H groups in total. The first-order chi connectivity index (χ1) is 17.0. The van der Waals surface area contributed by atoms with Crippen LogP contribution in [-0.2, 0) is 6.54 Å². The number of ether oxygens (including phenoxy) is 1. The van der Waals surface area contributed by atoms with Crippen LogP contribution in [0.2, 0.25) is 5.02 Å². The molecule has 0 radical (unpaired) electrons. The number of fused-ring (bicyclic) bond motifs is 1. The summed E-state index contributed by atoms with van der Waals surface area (Å²) in [6.45, 7) is 1.29. The molecule has 0 bridgehead atoms. The number of methoxy groups -OCH3 is 1. The van der Waals surface area contributed by atoms with Gasteiger partial charge in [-0.1, -0.05) is 17.7 Å². The SMILES string of the molecule is COc1ccc(CNc2nc(N3CC4CC4C3CO)ncc2C(=O)N[C@H]2CC[C@H](O)CC2)cc1Cl. The lowest BCUT2D eigenvalue weighted by molar-refractivity contribution is 0.0867. The number of halogens is 1. The summed E-state index contributed by atoms with van der Waals surface area (Å²) in [6, 6.07) is 5.56. The molecule has 188 valence electrons. The lowest BCUT2D eigenvalue weighted by Gasteiger charge is -2.28. The van der Waals surface area contributed by atoms with Gasteiger partial charge in [-0.25, -0.2) is 4.98 Å². The zero-order valence-corrected chi connectivity index (χ0v) is 20.5. The maximum Gasteiger partial charge on any atom is 0.256 e. The predicted octanol–water partition coefficient (Wildman–Crippen LogP) is 2.60. The van der Waals surface area contributed by atoms with Crippen LogP contribution in [-0.4, -0.2) is 64.5 Å². The average Bonchev–Trinajstić information content (AvgIpc) is 3.54. The monoisotopic (exact) mass is 501 g/mol. The van der Waals surface area contributed by atoms with E-state index in [4.69, 9.17) is 21.3 Å².